The van der Waals surface area contributed by atoms with Crippen molar-refractivity contribution in [3.63, 3.8) is 0 Å². The summed E-state index contributed by atoms with van der Waals surface area (Å²) in [5, 5.41) is 2.83. The van der Waals surface area contributed by atoms with Crippen LogP contribution in [0.25, 0.3) is 5.57 Å². The summed E-state index contributed by atoms with van der Waals surface area (Å²) in [6.07, 6.45) is 3.05. The van der Waals surface area contributed by atoms with Gasteiger partial charge in [-0.25, -0.2) is 8.42 Å². The molecule has 0 radical (unpaired) electrons. The molecule has 1 fully saturated rings. The number of amides is 1. The highest BCUT2D eigenvalue weighted by atomic mass is 32.2. The van der Waals surface area contributed by atoms with Crippen molar-refractivity contribution in [2.75, 3.05) is 52.3 Å². The van der Waals surface area contributed by atoms with E-state index in [9.17, 15) is 13.2 Å². The molecule has 0 aliphatic carbocycles. The number of ether oxygens (including phenoxy) is 2. The molecule has 0 saturated carbocycles. The van der Waals surface area contributed by atoms with Gasteiger partial charge >= 0.3 is 0 Å². The lowest BCUT2D eigenvalue weighted by Crippen LogP contribution is -2.40. The lowest BCUT2D eigenvalue weighted by atomic mass is 9.94. The fraction of sp³-hybridized carbons (Fsp3) is 0.571. The van der Waals surface area contributed by atoms with Crippen molar-refractivity contribution < 1.29 is 22.7 Å². The van der Waals surface area contributed by atoms with Crippen molar-refractivity contribution in [2.45, 2.75) is 26.2 Å². The van der Waals surface area contributed by atoms with Crippen LogP contribution in [0.5, 0.6) is 11.5 Å². The van der Waals surface area contributed by atoms with Crippen LogP contribution in [0.2, 0.25) is 0 Å². The molecule has 9 heteroatoms. The van der Waals surface area contributed by atoms with Gasteiger partial charge in [0.1, 0.15) is 0 Å². The Morgan fingerprint density at radius 2 is 1.73 bits per heavy atom. The Kier molecular flexibility index (Phi) is 6.62. The molecule has 30 heavy (non-hydrogen) atoms. The highest BCUT2D eigenvalue weighted by Gasteiger charge is 2.38. The minimum Gasteiger partial charge on any atom is -0.493 e. The van der Waals surface area contributed by atoms with Crippen LogP contribution in [0.1, 0.15) is 31.7 Å². The maximum Gasteiger partial charge on any atom is 0.269 e. The Labute approximate surface area is 178 Å². The van der Waals surface area contributed by atoms with E-state index in [4.69, 9.17) is 9.47 Å². The lowest BCUT2D eigenvalue weighted by Gasteiger charge is -2.31. The van der Waals surface area contributed by atoms with Gasteiger partial charge in [-0.1, -0.05) is 0 Å². The van der Waals surface area contributed by atoms with Crippen LogP contribution >= 0.6 is 0 Å². The Hall–Kier alpha value is -2.26. The topological polar surface area (TPSA) is 88.2 Å². The molecule has 2 aliphatic rings. The van der Waals surface area contributed by atoms with Crippen molar-refractivity contribution in [2.24, 2.45) is 5.92 Å². The number of likely N-dealkylation sites (tertiary alicyclic amines) is 1. The summed E-state index contributed by atoms with van der Waals surface area (Å²) in [7, 11) is 2.59. The van der Waals surface area contributed by atoms with Gasteiger partial charge in [-0.15, -0.1) is 0 Å². The maximum atomic E-state index is 13.1. The first-order chi connectivity index (χ1) is 14.2. The van der Waals surface area contributed by atoms with Crippen LogP contribution in [0.4, 0.5) is 5.69 Å². The van der Waals surface area contributed by atoms with E-state index in [0.717, 1.165) is 36.7 Å². The summed E-state index contributed by atoms with van der Waals surface area (Å²) in [4.78, 5) is 15.0. The molecule has 166 valence electrons. The monoisotopic (exact) mass is 437 g/mol. The summed E-state index contributed by atoms with van der Waals surface area (Å²) in [5.74, 6) is 0.898. The molecule has 8 nitrogen and oxygen atoms in total. The molecule has 0 atom stereocenters. The molecule has 2 heterocycles. The smallest absolute Gasteiger partial charge is 0.269 e. The number of carbonyl (C=O) groups excluding carboxylic acids is 1. The highest BCUT2D eigenvalue weighted by molar-refractivity contribution is 7.97. The van der Waals surface area contributed by atoms with Crippen molar-refractivity contribution in [3.05, 3.63) is 22.6 Å². The number of benzene rings is 1. The number of nitrogens with zero attached hydrogens (tertiary/aromatic N) is 2. The SMILES string of the molecule is COc1cc2c(cc1OC)N(C)S(=O)(=O)C(C(=O)NCCC1CCN(C)CC1)=C2C. The quantitative estimate of drug-likeness (QED) is 0.733. The zero-order valence-electron chi connectivity index (χ0n) is 18.3. The number of carbonyl (C=O) groups is 1. The molecule has 1 aromatic rings. The van der Waals surface area contributed by atoms with Gasteiger partial charge in [-0.3, -0.25) is 9.10 Å². The molecule has 0 aromatic heterocycles. The zero-order chi connectivity index (χ0) is 22.1. The molecule has 1 amide bonds. The number of rotatable bonds is 6. The lowest BCUT2D eigenvalue weighted by molar-refractivity contribution is -0.116. The maximum absolute atomic E-state index is 13.1. The van der Waals surface area contributed by atoms with Gasteiger partial charge in [-0.05, 0) is 63.9 Å². The molecule has 2 aliphatic heterocycles. The zero-order valence-corrected chi connectivity index (χ0v) is 19.1. The number of anilines is 1. The molecule has 0 unspecified atom stereocenters. The van der Waals surface area contributed by atoms with E-state index < -0.39 is 15.9 Å². The number of nitrogens with one attached hydrogen (secondary N) is 1. The van der Waals surface area contributed by atoms with Crippen LogP contribution in [0.15, 0.2) is 17.0 Å². The standard InChI is InChI=1S/C21H31N3O5S/c1-14-16-12-18(28-4)19(29-5)13-17(16)24(3)30(26,27)20(14)21(25)22-9-6-15-7-10-23(2)11-8-15/h12-13,15H,6-11H2,1-5H3,(H,22,25). The Morgan fingerprint density at radius 1 is 1.13 bits per heavy atom. The Morgan fingerprint density at radius 3 is 2.33 bits per heavy atom. The third kappa shape index (κ3) is 4.13. The molecule has 3 rings (SSSR count). The second-order valence-electron chi connectivity index (χ2n) is 7.94. The van der Waals surface area contributed by atoms with E-state index in [2.05, 4.69) is 17.3 Å². The number of hydrogen-bond acceptors (Lipinski definition) is 6. The summed E-state index contributed by atoms with van der Waals surface area (Å²) in [6, 6.07) is 3.32. The summed E-state index contributed by atoms with van der Waals surface area (Å²) < 4.78 is 38.0. The van der Waals surface area contributed by atoms with Crippen LogP contribution in [-0.2, 0) is 14.8 Å². The predicted molar refractivity (Wildman–Crippen MR) is 117 cm³/mol. The largest absolute Gasteiger partial charge is 0.493 e. The number of sulfonamides is 1. The summed E-state index contributed by atoms with van der Waals surface area (Å²) in [6.45, 7) is 4.23. The second kappa shape index (κ2) is 8.85. The van der Waals surface area contributed by atoms with Crippen LogP contribution in [0, 0.1) is 5.92 Å². The fourth-order valence-corrected chi connectivity index (χ4v) is 5.61. The average Bonchev–Trinajstić information content (AvgIpc) is 2.72. The average molecular weight is 438 g/mol. The van der Waals surface area contributed by atoms with Crippen molar-refractivity contribution in [1.29, 1.82) is 0 Å². The van der Waals surface area contributed by atoms with Crippen molar-refractivity contribution >= 4 is 27.2 Å². The van der Waals surface area contributed by atoms with Gasteiger partial charge in [0.25, 0.3) is 15.9 Å². The van der Waals surface area contributed by atoms with E-state index >= 15 is 0 Å². The molecule has 0 bridgehead atoms. The van der Waals surface area contributed by atoms with Crippen molar-refractivity contribution in [1.82, 2.24) is 10.2 Å². The summed E-state index contributed by atoms with van der Waals surface area (Å²) in [5.41, 5.74) is 1.49. The second-order valence-corrected chi connectivity index (χ2v) is 9.85. The van der Waals surface area contributed by atoms with E-state index in [0.29, 0.717) is 40.8 Å². The van der Waals surface area contributed by atoms with Crippen LogP contribution in [-0.4, -0.2) is 67.2 Å². The first kappa shape index (κ1) is 22.4. The third-order valence-corrected chi connectivity index (χ3v) is 8.01. The summed E-state index contributed by atoms with van der Waals surface area (Å²) >= 11 is 0. The minimum absolute atomic E-state index is 0.215. The predicted octanol–water partition coefficient (Wildman–Crippen LogP) is 2.06. The molecular formula is C21H31N3O5S. The third-order valence-electron chi connectivity index (χ3n) is 6.09. The van der Waals surface area contributed by atoms with E-state index in [1.165, 1.54) is 21.3 Å². The Balaban J connectivity index is 1.84. The van der Waals surface area contributed by atoms with Gasteiger partial charge in [-0.2, -0.15) is 0 Å². The van der Waals surface area contributed by atoms with Crippen LogP contribution < -0.4 is 19.1 Å². The minimum atomic E-state index is -3.97. The van der Waals surface area contributed by atoms with Gasteiger partial charge in [0.2, 0.25) is 0 Å². The van der Waals surface area contributed by atoms with E-state index in [-0.39, 0.29) is 4.91 Å². The van der Waals surface area contributed by atoms with E-state index in [1.807, 2.05) is 0 Å². The normalized spacial score (nSPS) is 19.4. The van der Waals surface area contributed by atoms with Gasteiger partial charge < -0.3 is 19.7 Å². The Bertz CT molecular complexity index is 950. The van der Waals surface area contributed by atoms with Crippen LogP contribution in [0.3, 0.4) is 0 Å². The first-order valence-electron chi connectivity index (χ1n) is 10.1. The molecule has 1 saturated heterocycles. The van der Waals surface area contributed by atoms with Gasteiger partial charge in [0.15, 0.2) is 16.4 Å². The van der Waals surface area contributed by atoms with E-state index in [1.54, 1.807) is 19.1 Å². The number of methoxy groups -OCH3 is 2. The molecule has 0 spiro atoms. The van der Waals surface area contributed by atoms with Crippen molar-refractivity contribution in [3.8, 4) is 11.5 Å². The molecule has 1 aromatic carbocycles. The number of allylic oxidation sites excluding steroid dienone is 1. The molecular weight excluding hydrogens is 406 g/mol. The number of piperidine rings is 1. The number of fused-ring (bicyclic) bond motifs is 1. The van der Waals surface area contributed by atoms with Gasteiger partial charge in [0.05, 0.1) is 19.9 Å². The molecule has 1 N–H and O–H groups in total. The first-order valence-corrected chi connectivity index (χ1v) is 11.6. The number of hydrogen-bond donors (Lipinski definition) is 1. The fourth-order valence-electron chi connectivity index (χ4n) is 4.12. The van der Waals surface area contributed by atoms with Gasteiger partial charge in [0, 0.05) is 25.2 Å². The highest BCUT2D eigenvalue weighted by Crippen LogP contribution is 2.44.